The number of hydrogen-bond donors (Lipinski definition) is 2. The van der Waals surface area contributed by atoms with E-state index in [-0.39, 0.29) is 0 Å². The summed E-state index contributed by atoms with van der Waals surface area (Å²) in [6, 6.07) is 2.77. The van der Waals surface area contributed by atoms with Gasteiger partial charge in [0.25, 0.3) is 0 Å². The average Bonchev–Trinajstić information content (AvgIpc) is 3.13. The van der Waals surface area contributed by atoms with Gasteiger partial charge in [0.1, 0.15) is 5.75 Å². The molecule has 32 heavy (non-hydrogen) atoms. The van der Waals surface area contributed by atoms with Crippen molar-refractivity contribution in [2.75, 3.05) is 25.5 Å². The van der Waals surface area contributed by atoms with E-state index < -0.39 is 5.97 Å². The number of carboxylic acid groups (broad SMARTS) is 1. The Kier molecular flexibility index (Phi) is 6.76. The maximum absolute atomic E-state index is 11.2. The summed E-state index contributed by atoms with van der Waals surface area (Å²) in [5.41, 5.74) is 5.78. The Labute approximate surface area is 193 Å². The fourth-order valence-corrected chi connectivity index (χ4v) is 6.63. The van der Waals surface area contributed by atoms with Gasteiger partial charge >= 0.3 is 5.97 Å². The summed E-state index contributed by atoms with van der Waals surface area (Å²) in [6.45, 7) is 12.4. The van der Waals surface area contributed by atoms with E-state index >= 15 is 0 Å². The van der Waals surface area contributed by atoms with Gasteiger partial charge in [-0.15, -0.1) is 0 Å². The lowest BCUT2D eigenvalue weighted by Gasteiger charge is -2.48. The van der Waals surface area contributed by atoms with Crippen molar-refractivity contribution in [3.8, 4) is 5.75 Å². The van der Waals surface area contributed by atoms with E-state index in [1.54, 1.807) is 7.11 Å². The number of nitrogens with one attached hydrogen (secondary N) is 1. The van der Waals surface area contributed by atoms with Gasteiger partial charge in [-0.25, -0.2) is 0 Å². The summed E-state index contributed by atoms with van der Waals surface area (Å²) in [5.74, 6) is 1.92. The number of hydrogen-bond acceptors (Lipinski definition) is 4. The molecule has 5 nitrogen and oxygen atoms in total. The van der Waals surface area contributed by atoms with Crippen LogP contribution in [0.25, 0.3) is 0 Å². The van der Waals surface area contributed by atoms with Crippen molar-refractivity contribution in [3.05, 3.63) is 22.8 Å². The molecule has 1 aromatic rings. The molecule has 1 saturated carbocycles. The SMILES string of the molecule is COc1cc(C)c2c(c1CN1CCC(C)(C)CC1C1CCC(CC(=O)O)CC1)C(C)CN2. The zero-order valence-electron chi connectivity index (χ0n) is 20.7. The number of piperidine rings is 1. The smallest absolute Gasteiger partial charge is 0.303 e. The summed E-state index contributed by atoms with van der Waals surface area (Å²) in [6.07, 6.45) is 7.24. The van der Waals surface area contributed by atoms with Crippen molar-refractivity contribution in [1.29, 1.82) is 0 Å². The first kappa shape index (κ1) is 23.4. The number of nitrogens with zero attached hydrogens (tertiary/aromatic N) is 1. The Balaban J connectivity index is 1.58. The Bertz CT molecular complexity index is 842. The highest BCUT2D eigenvalue weighted by atomic mass is 16.5. The number of anilines is 1. The normalized spacial score (nSPS) is 29.9. The highest BCUT2D eigenvalue weighted by Crippen LogP contribution is 2.46. The summed E-state index contributed by atoms with van der Waals surface area (Å²) in [5, 5.41) is 12.8. The fourth-order valence-electron chi connectivity index (χ4n) is 6.63. The Hall–Kier alpha value is -1.75. The quantitative estimate of drug-likeness (QED) is 0.583. The highest BCUT2D eigenvalue weighted by molar-refractivity contribution is 5.69. The lowest BCUT2D eigenvalue weighted by atomic mass is 9.69. The van der Waals surface area contributed by atoms with Crippen LogP contribution in [0.2, 0.25) is 0 Å². The van der Waals surface area contributed by atoms with Gasteiger partial charge < -0.3 is 15.2 Å². The fraction of sp³-hybridized carbons (Fsp3) is 0.741. The van der Waals surface area contributed by atoms with E-state index in [1.165, 1.54) is 35.2 Å². The first-order valence-corrected chi connectivity index (χ1v) is 12.6. The first-order chi connectivity index (χ1) is 15.2. The van der Waals surface area contributed by atoms with Crippen molar-refractivity contribution in [2.24, 2.45) is 17.3 Å². The predicted octanol–water partition coefficient (Wildman–Crippen LogP) is 5.80. The molecular formula is C27H42N2O3. The standard InChI is InChI=1S/C27H42N2O3/c1-17-12-23(32-5)21(25-18(2)15-28-26(17)25)16-29-11-10-27(3,4)14-22(29)20-8-6-19(7-9-20)13-24(30)31/h12,18-20,22,28H,6-11,13-16H2,1-5H3,(H,30,31). The monoisotopic (exact) mass is 442 g/mol. The number of methoxy groups -OCH3 is 1. The number of ether oxygens (including phenoxy) is 1. The van der Waals surface area contributed by atoms with Crippen LogP contribution >= 0.6 is 0 Å². The van der Waals surface area contributed by atoms with E-state index in [1.807, 2.05) is 0 Å². The molecule has 4 rings (SSSR count). The zero-order chi connectivity index (χ0) is 23.0. The van der Waals surface area contributed by atoms with E-state index in [0.717, 1.165) is 51.1 Å². The average molecular weight is 443 g/mol. The van der Waals surface area contributed by atoms with Gasteiger partial charge in [0.2, 0.25) is 0 Å². The predicted molar refractivity (Wildman–Crippen MR) is 130 cm³/mol. The number of likely N-dealkylation sites (tertiary alicyclic amines) is 1. The molecule has 2 atom stereocenters. The molecule has 1 aliphatic carbocycles. The Morgan fingerprint density at radius 3 is 2.66 bits per heavy atom. The third kappa shape index (κ3) is 4.78. The maximum Gasteiger partial charge on any atom is 0.303 e. The largest absolute Gasteiger partial charge is 0.496 e. The molecule has 0 radical (unpaired) electrons. The van der Waals surface area contributed by atoms with Crippen LogP contribution in [0.3, 0.4) is 0 Å². The van der Waals surface area contributed by atoms with E-state index in [4.69, 9.17) is 4.74 Å². The Morgan fingerprint density at radius 2 is 2.00 bits per heavy atom. The molecule has 2 heterocycles. The molecule has 178 valence electrons. The van der Waals surface area contributed by atoms with Crippen molar-refractivity contribution in [1.82, 2.24) is 4.90 Å². The highest BCUT2D eigenvalue weighted by Gasteiger charge is 2.40. The first-order valence-electron chi connectivity index (χ1n) is 12.6. The summed E-state index contributed by atoms with van der Waals surface area (Å²) in [7, 11) is 1.80. The van der Waals surface area contributed by atoms with Crippen molar-refractivity contribution in [3.63, 3.8) is 0 Å². The van der Waals surface area contributed by atoms with Gasteiger partial charge in [0, 0.05) is 42.7 Å². The van der Waals surface area contributed by atoms with E-state index in [9.17, 15) is 9.90 Å². The van der Waals surface area contributed by atoms with Crippen LogP contribution in [0.1, 0.15) is 88.3 Å². The molecule has 5 heteroatoms. The van der Waals surface area contributed by atoms with Crippen LogP contribution in [0.5, 0.6) is 5.75 Å². The minimum absolute atomic E-state index is 0.337. The third-order valence-electron chi connectivity index (χ3n) is 8.50. The van der Waals surface area contributed by atoms with Crippen LogP contribution in [-0.2, 0) is 11.3 Å². The van der Waals surface area contributed by atoms with Crippen LogP contribution in [-0.4, -0.2) is 42.2 Å². The zero-order valence-corrected chi connectivity index (χ0v) is 20.7. The molecule has 2 N–H and O–H groups in total. The third-order valence-corrected chi connectivity index (χ3v) is 8.50. The van der Waals surface area contributed by atoms with Crippen molar-refractivity contribution >= 4 is 11.7 Å². The van der Waals surface area contributed by atoms with Crippen molar-refractivity contribution in [2.45, 2.75) is 91.1 Å². The molecule has 2 fully saturated rings. The summed E-state index contributed by atoms with van der Waals surface area (Å²) < 4.78 is 5.90. The second kappa shape index (κ2) is 9.24. The van der Waals surface area contributed by atoms with Crippen LogP contribution in [0.15, 0.2) is 6.07 Å². The van der Waals surface area contributed by atoms with Crippen LogP contribution in [0.4, 0.5) is 5.69 Å². The minimum atomic E-state index is -0.642. The summed E-state index contributed by atoms with van der Waals surface area (Å²) in [4.78, 5) is 13.9. The summed E-state index contributed by atoms with van der Waals surface area (Å²) >= 11 is 0. The topological polar surface area (TPSA) is 61.8 Å². The molecule has 3 aliphatic rings. The number of aliphatic carboxylic acids is 1. The van der Waals surface area contributed by atoms with Gasteiger partial charge in [0.15, 0.2) is 0 Å². The maximum atomic E-state index is 11.2. The van der Waals surface area contributed by atoms with Crippen molar-refractivity contribution < 1.29 is 14.6 Å². The van der Waals surface area contributed by atoms with Crippen LogP contribution < -0.4 is 10.1 Å². The number of rotatable bonds is 6. The number of aryl methyl sites for hydroxylation is 1. The Morgan fingerprint density at radius 1 is 1.28 bits per heavy atom. The van der Waals surface area contributed by atoms with Gasteiger partial charge in [-0.2, -0.15) is 0 Å². The lowest BCUT2D eigenvalue weighted by molar-refractivity contribution is -0.138. The molecule has 1 aromatic carbocycles. The number of fused-ring (bicyclic) bond motifs is 1. The van der Waals surface area contributed by atoms with E-state index in [0.29, 0.717) is 35.6 Å². The molecule has 0 amide bonds. The minimum Gasteiger partial charge on any atom is -0.496 e. The van der Waals surface area contributed by atoms with Gasteiger partial charge in [-0.05, 0) is 86.4 Å². The number of benzene rings is 1. The molecule has 0 bridgehead atoms. The number of carboxylic acids is 1. The number of carbonyl (C=O) groups is 1. The van der Waals surface area contributed by atoms with E-state index in [2.05, 4.69) is 44.0 Å². The molecule has 2 unspecified atom stereocenters. The molecule has 1 saturated heterocycles. The molecule has 2 aliphatic heterocycles. The van der Waals surface area contributed by atoms with Gasteiger partial charge in [-0.1, -0.05) is 20.8 Å². The van der Waals surface area contributed by atoms with Crippen LogP contribution in [0, 0.1) is 24.2 Å². The molecular weight excluding hydrogens is 400 g/mol. The van der Waals surface area contributed by atoms with Gasteiger partial charge in [0.05, 0.1) is 7.11 Å². The molecule has 0 aromatic heterocycles. The molecule has 0 spiro atoms. The lowest BCUT2D eigenvalue weighted by Crippen LogP contribution is -2.49. The second-order valence-corrected chi connectivity index (χ2v) is 11.5. The second-order valence-electron chi connectivity index (χ2n) is 11.5. The van der Waals surface area contributed by atoms with Gasteiger partial charge in [-0.3, -0.25) is 9.69 Å².